The van der Waals surface area contributed by atoms with Crippen LogP contribution in [0.25, 0.3) is 0 Å². The van der Waals surface area contributed by atoms with Gasteiger partial charge in [0.25, 0.3) is 0 Å². The molecular weight excluding hydrogens is 1230 g/mol. The van der Waals surface area contributed by atoms with Crippen molar-refractivity contribution < 1.29 is 80.2 Å². The maximum atomic E-state index is 13.1. The summed E-state index contributed by atoms with van der Waals surface area (Å²) in [7, 11) is -9.91. The van der Waals surface area contributed by atoms with Crippen molar-refractivity contribution in [1.29, 1.82) is 0 Å². The van der Waals surface area contributed by atoms with E-state index >= 15 is 0 Å². The maximum absolute atomic E-state index is 13.1. The molecule has 6 atom stereocenters. The highest BCUT2D eigenvalue weighted by Crippen LogP contribution is 2.45. The quantitative estimate of drug-likeness (QED) is 0.0222. The highest BCUT2D eigenvalue weighted by atomic mass is 31.2. The maximum Gasteiger partial charge on any atom is 0.472 e. The predicted octanol–water partition coefficient (Wildman–Crippen LogP) is 21.7. The van der Waals surface area contributed by atoms with Gasteiger partial charge in [0.1, 0.15) is 19.3 Å². The minimum absolute atomic E-state index is 0.106. The Morgan fingerprint density at radius 1 is 0.298 bits per heavy atom. The highest BCUT2D eigenvalue weighted by molar-refractivity contribution is 7.47. The lowest BCUT2D eigenvalue weighted by Crippen LogP contribution is -2.30. The molecule has 3 N–H and O–H groups in total. The summed E-state index contributed by atoms with van der Waals surface area (Å²) in [5.41, 5.74) is 0. The van der Waals surface area contributed by atoms with Crippen molar-refractivity contribution in [3.63, 3.8) is 0 Å². The van der Waals surface area contributed by atoms with E-state index in [2.05, 4.69) is 55.4 Å². The molecule has 3 unspecified atom stereocenters. The number of phosphoric acid groups is 2. The second-order valence-corrected chi connectivity index (χ2v) is 31.6. The summed E-state index contributed by atoms with van der Waals surface area (Å²) >= 11 is 0. The van der Waals surface area contributed by atoms with Gasteiger partial charge in [0.2, 0.25) is 0 Å². The van der Waals surface area contributed by atoms with Gasteiger partial charge in [-0.25, -0.2) is 9.13 Å². The van der Waals surface area contributed by atoms with Crippen molar-refractivity contribution >= 4 is 39.5 Å². The summed E-state index contributed by atoms with van der Waals surface area (Å²) in [6.07, 6.45) is 48.7. The normalized spacial score (nSPS) is 14.4. The number of hydrogen-bond acceptors (Lipinski definition) is 15. The van der Waals surface area contributed by atoms with Crippen LogP contribution in [-0.2, 0) is 65.4 Å². The van der Waals surface area contributed by atoms with Crippen LogP contribution < -0.4 is 0 Å². The number of aliphatic hydroxyl groups excluding tert-OH is 1. The number of carbonyl (C=O) groups is 4. The Kier molecular flexibility index (Phi) is 63.1. The molecule has 94 heavy (non-hydrogen) atoms. The summed E-state index contributed by atoms with van der Waals surface area (Å²) in [6, 6.07) is 0. The molecule has 0 aliphatic rings. The van der Waals surface area contributed by atoms with Crippen LogP contribution in [0.5, 0.6) is 0 Å². The number of phosphoric ester groups is 2. The molecule has 558 valence electrons. The van der Waals surface area contributed by atoms with Crippen molar-refractivity contribution in [3.05, 3.63) is 0 Å². The van der Waals surface area contributed by atoms with Crippen LogP contribution in [0.15, 0.2) is 0 Å². The smallest absolute Gasteiger partial charge is 0.462 e. The van der Waals surface area contributed by atoms with Crippen LogP contribution in [0, 0.1) is 23.7 Å². The van der Waals surface area contributed by atoms with Crippen molar-refractivity contribution in [1.82, 2.24) is 0 Å². The van der Waals surface area contributed by atoms with E-state index in [9.17, 15) is 43.2 Å². The first-order valence-electron chi connectivity index (χ1n) is 38.7. The Hall–Kier alpha value is -1.94. The number of esters is 4. The van der Waals surface area contributed by atoms with E-state index < -0.39 is 97.5 Å². The Morgan fingerprint density at radius 3 is 0.755 bits per heavy atom. The van der Waals surface area contributed by atoms with Crippen molar-refractivity contribution in [2.45, 2.75) is 395 Å². The molecule has 0 bridgehead atoms. The second-order valence-electron chi connectivity index (χ2n) is 28.7. The molecule has 0 amide bonds. The zero-order valence-corrected chi connectivity index (χ0v) is 63.4. The van der Waals surface area contributed by atoms with E-state index in [0.29, 0.717) is 31.6 Å². The Bertz CT molecular complexity index is 1850. The summed E-state index contributed by atoms with van der Waals surface area (Å²) in [6.45, 7) is 14.1. The van der Waals surface area contributed by atoms with Gasteiger partial charge in [0.05, 0.1) is 26.4 Å². The lowest BCUT2D eigenvalue weighted by atomic mass is 9.99. The van der Waals surface area contributed by atoms with Crippen LogP contribution in [-0.4, -0.2) is 96.7 Å². The van der Waals surface area contributed by atoms with Gasteiger partial charge >= 0.3 is 39.5 Å². The zero-order chi connectivity index (χ0) is 69.6. The first-order chi connectivity index (χ1) is 45.1. The van der Waals surface area contributed by atoms with Gasteiger partial charge in [0.15, 0.2) is 12.2 Å². The Balaban J connectivity index is 5.22. The molecule has 19 heteroatoms. The molecule has 0 aliphatic carbocycles. The molecule has 0 saturated carbocycles. The van der Waals surface area contributed by atoms with E-state index in [1.807, 2.05) is 0 Å². The Labute approximate surface area is 575 Å². The average Bonchev–Trinajstić information content (AvgIpc) is 1.21. The topological polar surface area (TPSA) is 237 Å². The molecule has 0 fully saturated rings. The van der Waals surface area contributed by atoms with Gasteiger partial charge in [-0.3, -0.25) is 37.3 Å². The summed E-state index contributed by atoms with van der Waals surface area (Å²) < 4.78 is 68.4. The predicted molar refractivity (Wildman–Crippen MR) is 381 cm³/mol. The molecule has 0 rings (SSSR count). The standard InChI is InChI=1S/C75H146O17P2/c1-9-68(8)54-46-38-29-22-18-14-10-11-15-19-23-31-41-49-57-74(79)91-70(61-85-72(77)55-47-39-30-26-25-28-36-44-52-66(4)5)63-89-93(81,82)87-59-69(76)60-88-94(83,84)90-64-71(62-86-73(78)56-48-40-34-33-37-45-53-67(6)7)92-75(80)58-50-42-32-24-20-16-12-13-17-21-27-35-43-51-65(2)3/h65-71,76H,9-64H2,1-8H3,(H,81,82)(H,83,84)/t68?,69-,70-,71-/m1/s1. The molecule has 0 spiro atoms. The number of ether oxygens (including phenoxy) is 4. The van der Waals surface area contributed by atoms with Crippen molar-refractivity contribution in [2.24, 2.45) is 23.7 Å². The SMILES string of the molecule is CCC(C)CCCCCCCCCCCCCCCCC(=O)O[C@H](COC(=O)CCCCCCCCCCC(C)C)COP(=O)(O)OC[C@@H](O)COP(=O)(O)OC[C@@H](COC(=O)CCCCCCCCC(C)C)OC(=O)CCCCCCCCCCCCCCCC(C)C. The van der Waals surface area contributed by atoms with Gasteiger partial charge in [0, 0.05) is 25.7 Å². The van der Waals surface area contributed by atoms with E-state index in [0.717, 1.165) is 114 Å². The third kappa shape index (κ3) is 67.3. The van der Waals surface area contributed by atoms with Crippen molar-refractivity contribution in [2.75, 3.05) is 39.6 Å². The fourth-order valence-electron chi connectivity index (χ4n) is 11.3. The molecule has 0 aromatic heterocycles. The fraction of sp³-hybridized carbons (Fsp3) is 0.947. The number of rotatable bonds is 72. The lowest BCUT2D eigenvalue weighted by Gasteiger charge is -2.21. The van der Waals surface area contributed by atoms with Gasteiger partial charge in [-0.2, -0.15) is 0 Å². The second kappa shape index (κ2) is 64.4. The molecular formula is C75H146O17P2. The van der Waals surface area contributed by atoms with Crippen LogP contribution in [0.2, 0.25) is 0 Å². The largest absolute Gasteiger partial charge is 0.472 e. The highest BCUT2D eigenvalue weighted by Gasteiger charge is 2.30. The average molecular weight is 1380 g/mol. The first kappa shape index (κ1) is 92.1. The number of unbranched alkanes of at least 4 members (excludes halogenated alkanes) is 37. The molecule has 0 aromatic rings. The minimum Gasteiger partial charge on any atom is -0.462 e. The first-order valence-corrected chi connectivity index (χ1v) is 41.7. The molecule has 0 aromatic carbocycles. The third-order valence-corrected chi connectivity index (χ3v) is 19.6. The monoisotopic (exact) mass is 1380 g/mol. The molecule has 0 heterocycles. The van der Waals surface area contributed by atoms with Gasteiger partial charge in [-0.15, -0.1) is 0 Å². The van der Waals surface area contributed by atoms with Crippen LogP contribution in [0.3, 0.4) is 0 Å². The van der Waals surface area contributed by atoms with E-state index in [-0.39, 0.29) is 25.7 Å². The zero-order valence-electron chi connectivity index (χ0n) is 61.6. The molecule has 0 radical (unpaired) electrons. The summed E-state index contributed by atoms with van der Waals surface area (Å²) in [5.74, 6) is 0.914. The van der Waals surface area contributed by atoms with Crippen LogP contribution in [0.4, 0.5) is 0 Å². The third-order valence-electron chi connectivity index (χ3n) is 17.7. The number of hydrogen-bond donors (Lipinski definition) is 3. The lowest BCUT2D eigenvalue weighted by molar-refractivity contribution is -0.161. The fourth-order valence-corrected chi connectivity index (χ4v) is 12.9. The van der Waals surface area contributed by atoms with E-state index in [1.54, 1.807) is 0 Å². The van der Waals surface area contributed by atoms with Crippen LogP contribution in [0.1, 0.15) is 376 Å². The van der Waals surface area contributed by atoms with Gasteiger partial charge < -0.3 is 33.8 Å². The van der Waals surface area contributed by atoms with Crippen molar-refractivity contribution in [3.8, 4) is 0 Å². The van der Waals surface area contributed by atoms with Gasteiger partial charge in [-0.1, -0.05) is 325 Å². The summed E-state index contributed by atoms with van der Waals surface area (Å²) in [4.78, 5) is 72.7. The summed E-state index contributed by atoms with van der Waals surface area (Å²) in [5, 5.41) is 10.6. The van der Waals surface area contributed by atoms with Gasteiger partial charge in [-0.05, 0) is 49.4 Å². The Morgan fingerprint density at radius 2 is 0.511 bits per heavy atom. The molecule has 0 saturated heterocycles. The van der Waals surface area contributed by atoms with E-state index in [1.165, 1.54) is 173 Å². The van der Waals surface area contributed by atoms with E-state index in [4.69, 9.17) is 37.0 Å². The van der Waals surface area contributed by atoms with Crippen LogP contribution >= 0.6 is 15.6 Å². The minimum atomic E-state index is -4.96. The number of aliphatic hydroxyl groups is 1. The molecule has 17 nitrogen and oxygen atoms in total. The number of carbonyl (C=O) groups excluding carboxylic acids is 4. The molecule has 0 aliphatic heterocycles.